The summed E-state index contributed by atoms with van der Waals surface area (Å²) in [5.41, 5.74) is 4.58. The van der Waals surface area contributed by atoms with Gasteiger partial charge in [0.05, 0.1) is 13.5 Å². The van der Waals surface area contributed by atoms with Crippen molar-refractivity contribution in [2.24, 2.45) is 0 Å². The Labute approximate surface area is 165 Å². The highest BCUT2D eigenvalue weighted by Crippen LogP contribution is 2.36. The molecule has 0 aromatic heterocycles. The van der Waals surface area contributed by atoms with Crippen molar-refractivity contribution in [3.63, 3.8) is 0 Å². The lowest BCUT2D eigenvalue weighted by Crippen LogP contribution is -2.21. The molecular formula is C22H26N2O4. The maximum atomic E-state index is 11.5. The zero-order valence-electron chi connectivity index (χ0n) is 16.3. The number of benzene rings is 2. The molecule has 1 saturated heterocycles. The minimum Gasteiger partial charge on any atom is -0.496 e. The highest BCUT2D eigenvalue weighted by atomic mass is 16.5. The molecule has 1 aliphatic heterocycles. The SMILES string of the molecule is COc1ccc(CC(=O)O)cc1-c1ccc(N2CCCC2)cc1CNC(C)=O. The Morgan fingerprint density at radius 2 is 1.86 bits per heavy atom. The predicted octanol–water partition coefficient (Wildman–Crippen LogP) is 3.23. The smallest absolute Gasteiger partial charge is 0.307 e. The third-order valence-electron chi connectivity index (χ3n) is 5.00. The normalized spacial score (nSPS) is 13.4. The molecule has 1 aliphatic rings. The monoisotopic (exact) mass is 382 g/mol. The number of carbonyl (C=O) groups excluding carboxylic acids is 1. The standard InChI is InChI=1S/C22H26N2O4/c1-15(25)23-14-17-13-18(24-9-3-4-10-24)6-7-19(17)20-11-16(12-22(26)27)5-8-21(20)28-2/h5-8,11,13H,3-4,9-10,12,14H2,1-2H3,(H,23,25)(H,26,27). The average molecular weight is 382 g/mol. The minimum absolute atomic E-state index is 0.0517. The number of nitrogens with zero attached hydrogens (tertiary/aromatic N) is 1. The fraction of sp³-hybridized carbons (Fsp3) is 0.364. The second kappa shape index (κ2) is 8.78. The topological polar surface area (TPSA) is 78.9 Å². The van der Waals surface area contributed by atoms with Crippen LogP contribution in [0, 0.1) is 0 Å². The number of aliphatic carboxylic acids is 1. The predicted molar refractivity (Wildman–Crippen MR) is 109 cm³/mol. The molecule has 0 aliphatic carbocycles. The Hall–Kier alpha value is -3.02. The Balaban J connectivity index is 2.05. The molecule has 2 aromatic carbocycles. The van der Waals surface area contributed by atoms with Crippen molar-refractivity contribution in [1.29, 1.82) is 0 Å². The van der Waals surface area contributed by atoms with Gasteiger partial charge in [0.15, 0.2) is 0 Å². The first-order chi connectivity index (χ1) is 13.5. The summed E-state index contributed by atoms with van der Waals surface area (Å²) < 4.78 is 5.53. The van der Waals surface area contributed by atoms with Crippen LogP contribution in [0.5, 0.6) is 5.75 Å². The molecule has 0 spiro atoms. The van der Waals surface area contributed by atoms with Gasteiger partial charge in [-0.1, -0.05) is 12.1 Å². The van der Waals surface area contributed by atoms with Gasteiger partial charge in [-0.25, -0.2) is 0 Å². The quantitative estimate of drug-likeness (QED) is 0.769. The van der Waals surface area contributed by atoms with Crippen molar-refractivity contribution in [3.05, 3.63) is 47.5 Å². The third-order valence-corrected chi connectivity index (χ3v) is 5.00. The number of ether oxygens (including phenoxy) is 1. The summed E-state index contributed by atoms with van der Waals surface area (Å²) in [6, 6.07) is 11.6. The number of amides is 1. The molecule has 2 aromatic rings. The van der Waals surface area contributed by atoms with Gasteiger partial charge < -0.3 is 20.1 Å². The number of hydrogen-bond donors (Lipinski definition) is 2. The summed E-state index contributed by atoms with van der Waals surface area (Å²) in [5.74, 6) is -0.296. The summed E-state index contributed by atoms with van der Waals surface area (Å²) in [5, 5.41) is 12.0. The van der Waals surface area contributed by atoms with E-state index in [9.17, 15) is 9.59 Å². The number of rotatable bonds is 7. The number of carbonyl (C=O) groups is 2. The lowest BCUT2D eigenvalue weighted by atomic mass is 9.95. The molecule has 6 heteroatoms. The molecule has 2 N–H and O–H groups in total. The number of hydrogen-bond acceptors (Lipinski definition) is 4. The average Bonchev–Trinajstić information content (AvgIpc) is 3.20. The molecule has 0 atom stereocenters. The molecule has 0 bridgehead atoms. The van der Waals surface area contributed by atoms with Crippen LogP contribution in [0.3, 0.4) is 0 Å². The van der Waals surface area contributed by atoms with Crippen molar-refractivity contribution in [2.45, 2.75) is 32.7 Å². The van der Waals surface area contributed by atoms with E-state index in [-0.39, 0.29) is 12.3 Å². The van der Waals surface area contributed by atoms with Gasteiger partial charge in [-0.05, 0) is 53.8 Å². The van der Waals surface area contributed by atoms with E-state index in [0.717, 1.165) is 35.5 Å². The van der Waals surface area contributed by atoms with Crippen LogP contribution < -0.4 is 15.0 Å². The molecular weight excluding hydrogens is 356 g/mol. The van der Waals surface area contributed by atoms with E-state index < -0.39 is 5.97 Å². The zero-order valence-corrected chi connectivity index (χ0v) is 16.3. The first-order valence-electron chi connectivity index (χ1n) is 9.49. The van der Waals surface area contributed by atoms with Gasteiger partial charge >= 0.3 is 5.97 Å². The fourth-order valence-electron chi connectivity index (χ4n) is 3.63. The molecule has 0 radical (unpaired) electrons. The summed E-state index contributed by atoms with van der Waals surface area (Å²) >= 11 is 0. The number of methoxy groups -OCH3 is 1. The summed E-state index contributed by atoms with van der Waals surface area (Å²) in [7, 11) is 1.60. The van der Waals surface area contributed by atoms with Gasteiger partial charge in [0, 0.05) is 37.8 Å². The van der Waals surface area contributed by atoms with Crippen molar-refractivity contribution in [2.75, 3.05) is 25.1 Å². The molecule has 3 rings (SSSR count). The van der Waals surface area contributed by atoms with Crippen LogP contribution in [0.2, 0.25) is 0 Å². The molecule has 0 unspecified atom stereocenters. The fourth-order valence-corrected chi connectivity index (χ4v) is 3.63. The lowest BCUT2D eigenvalue weighted by Gasteiger charge is -2.21. The van der Waals surface area contributed by atoms with Crippen LogP contribution >= 0.6 is 0 Å². The van der Waals surface area contributed by atoms with Crippen molar-refractivity contribution in [3.8, 4) is 16.9 Å². The van der Waals surface area contributed by atoms with Gasteiger partial charge in [-0.2, -0.15) is 0 Å². The zero-order chi connectivity index (χ0) is 20.1. The van der Waals surface area contributed by atoms with Crippen molar-refractivity contribution >= 4 is 17.6 Å². The van der Waals surface area contributed by atoms with E-state index >= 15 is 0 Å². The van der Waals surface area contributed by atoms with Crippen molar-refractivity contribution in [1.82, 2.24) is 5.32 Å². The molecule has 148 valence electrons. The molecule has 28 heavy (non-hydrogen) atoms. The Morgan fingerprint density at radius 3 is 2.50 bits per heavy atom. The van der Waals surface area contributed by atoms with Crippen LogP contribution in [0.4, 0.5) is 5.69 Å². The van der Waals surface area contributed by atoms with Crippen LogP contribution in [-0.4, -0.2) is 37.2 Å². The van der Waals surface area contributed by atoms with Crippen LogP contribution in [0.15, 0.2) is 36.4 Å². The highest BCUT2D eigenvalue weighted by Gasteiger charge is 2.17. The van der Waals surface area contributed by atoms with Crippen molar-refractivity contribution < 1.29 is 19.4 Å². The van der Waals surface area contributed by atoms with E-state index in [0.29, 0.717) is 17.9 Å². The highest BCUT2D eigenvalue weighted by molar-refractivity contribution is 5.79. The van der Waals surface area contributed by atoms with Crippen LogP contribution in [0.1, 0.15) is 30.9 Å². The maximum absolute atomic E-state index is 11.5. The molecule has 6 nitrogen and oxygen atoms in total. The Bertz CT molecular complexity index is 873. The van der Waals surface area contributed by atoms with Gasteiger partial charge in [0.2, 0.25) is 5.91 Å². The first kappa shape index (κ1) is 19.7. The Kier molecular flexibility index (Phi) is 6.19. The summed E-state index contributed by atoms with van der Waals surface area (Å²) in [6.07, 6.45) is 2.32. The lowest BCUT2D eigenvalue weighted by molar-refractivity contribution is -0.136. The molecule has 1 heterocycles. The van der Waals surface area contributed by atoms with Crippen LogP contribution in [-0.2, 0) is 22.6 Å². The minimum atomic E-state index is -0.876. The molecule has 0 saturated carbocycles. The second-order valence-electron chi connectivity index (χ2n) is 7.05. The molecule has 1 amide bonds. The number of nitrogens with one attached hydrogen (secondary N) is 1. The van der Waals surface area contributed by atoms with Gasteiger partial charge in [0.1, 0.15) is 5.75 Å². The van der Waals surface area contributed by atoms with Gasteiger partial charge in [0.25, 0.3) is 0 Å². The van der Waals surface area contributed by atoms with E-state index in [4.69, 9.17) is 9.84 Å². The maximum Gasteiger partial charge on any atom is 0.307 e. The van der Waals surface area contributed by atoms with E-state index in [1.807, 2.05) is 12.1 Å². The van der Waals surface area contributed by atoms with Crippen LogP contribution in [0.25, 0.3) is 11.1 Å². The van der Waals surface area contributed by atoms with Gasteiger partial charge in [-0.15, -0.1) is 0 Å². The first-order valence-corrected chi connectivity index (χ1v) is 9.49. The van der Waals surface area contributed by atoms with E-state index in [2.05, 4.69) is 22.3 Å². The Morgan fingerprint density at radius 1 is 1.11 bits per heavy atom. The second-order valence-corrected chi connectivity index (χ2v) is 7.05. The van der Waals surface area contributed by atoms with E-state index in [1.165, 1.54) is 19.8 Å². The number of carboxylic acid groups (broad SMARTS) is 1. The third kappa shape index (κ3) is 4.63. The number of anilines is 1. The summed E-state index contributed by atoms with van der Waals surface area (Å²) in [4.78, 5) is 25.0. The van der Waals surface area contributed by atoms with Gasteiger partial charge in [-0.3, -0.25) is 9.59 Å². The molecule has 1 fully saturated rings. The largest absolute Gasteiger partial charge is 0.496 e. The number of carboxylic acids is 1. The summed E-state index contributed by atoms with van der Waals surface area (Å²) in [6.45, 7) is 3.98. The van der Waals surface area contributed by atoms with E-state index in [1.54, 1.807) is 19.2 Å².